The van der Waals surface area contributed by atoms with Gasteiger partial charge in [0, 0.05) is 12.2 Å². The molecule has 1 aliphatic rings. The molecule has 0 aliphatic heterocycles. The molecule has 2 N–H and O–H groups in total. The van der Waals surface area contributed by atoms with Crippen molar-refractivity contribution in [3.63, 3.8) is 0 Å². The van der Waals surface area contributed by atoms with E-state index in [4.69, 9.17) is 5.11 Å². The summed E-state index contributed by atoms with van der Waals surface area (Å²) in [7, 11) is 0. The van der Waals surface area contributed by atoms with Gasteiger partial charge in [-0.05, 0) is 37.8 Å². The molecule has 1 saturated carbocycles. The van der Waals surface area contributed by atoms with Gasteiger partial charge in [-0.3, -0.25) is 9.59 Å². The number of nitrogens with one attached hydrogen (secondary N) is 1. The number of rotatable bonds is 3. The molecule has 0 aromatic carbocycles. The number of hydrogen-bond donors (Lipinski definition) is 2. The fourth-order valence-corrected chi connectivity index (χ4v) is 2.81. The molecule has 0 radical (unpaired) electrons. The predicted octanol–water partition coefficient (Wildman–Crippen LogP) is 1.71. The molecule has 0 spiro atoms. The Morgan fingerprint density at radius 1 is 1.24 bits per heavy atom. The number of carboxylic acid groups (broad SMARTS) is 1. The standard InChI is InChI=1S/C15H17N3O3/c19-14(11-3-6-13-7-16-9-18(13)8-11)17-12-4-1-10(2-5-12)15(20)21/h3,6-10,12H,1-2,4-5H2,(H,17,19)(H,20,21). The first-order valence-electron chi connectivity index (χ1n) is 7.09. The van der Waals surface area contributed by atoms with E-state index in [2.05, 4.69) is 10.3 Å². The van der Waals surface area contributed by atoms with E-state index in [1.54, 1.807) is 29.2 Å². The molecule has 0 unspecified atom stereocenters. The molecule has 3 rings (SSSR count). The van der Waals surface area contributed by atoms with Gasteiger partial charge in [-0.1, -0.05) is 0 Å². The topological polar surface area (TPSA) is 83.7 Å². The van der Waals surface area contributed by atoms with Gasteiger partial charge in [0.2, 0.25) is 0 Å². The highest BCUT2D eigenvalue weighted by molar-refractivity contribution is 5.94. The summed E-state index contributed by atoms with van der Waals surface area (Å²) < 4.78 is 1.80. The number of aliphatic carboxylic acids is 1. The monoisotopic (exact) mass is 287 g/mol. The summed E-state index contributed by atoms with van der Waals surface area (Å²) in [6, 6.07) is 3.69. The second-order valence-electron chi connectivity index (χ2n) is 5.50. The smallest absolute Gasteiger partial charge is 0.306 e. The number of fused-ring (bicyclic) bond motifs is 1. The largest absolute Gasteiger partial charge is 0.481 e. The van der Waals surface area contributed by atoms with E-state index >= 15 is 0 Å². The SMILES string of the molecule is O=C(NC1CCC(C(=O)O)CC1)c1ccc2cncn2c1. The second kappa shape index (κ2) is 5.55. The van der Waals surface area contributed by atoms with Gasteiger partial charge in [0.1, 0.15) is 0 Å². The maximum absolute atomic E-state index is 12.2. The first kappa shape index (κ1) is 13.6. The van der Waals surface area contributed by atoms with E-state index in [0.29, 0.717) is 18.4 Å². The van der Waals surface area contributed by atoms with Crippen molar-refractivity contribution in [1.29, 1.82) is 0 Å². The number of carboxylic acids is 1. The molecular formula is C15H17N3O3. The molecule has 110 valence electrons. The van der Waals surface area contributed by atoms with Crippen LogP contribution in [0.4, 0.5) is 0 Å². The zero-order chi connectivity index (χ0) is 14.8. The van der Waals surface area contributed by atoms with Crippen LogP contribution in [0.2, 0.25) is 0 Å². The molecule has 2 aromatic rings. The summed E-state index contributed by atoms with van der Waals surface area (Å²) in [5.41, 5.74) is 1.52. The van der Waals surface area contributed by atoms with Gasteiger partial charge in [-0.25, -0.2) is 4.98 Å². The summed E-state index contributed by atoms with van der Waals surface area (Å²) in [6.45, 7) is 0. The Bertz CT molecular complexity index is 672. The van der Waals surface area contributed by atoms with Gasteiger partial charge in [0.05, 0.1) is 29.5 Å². The molecule has 1 amide bonds. The lowest BCUT2D eigenvalue weighted by atomic mass is 9.86. The van der Waals surface area contributed by atoms with Crippen LogP contribution in [-0.2, 0) is 4.79 Å². The Morgan fingerprint density at radius 3 is 2.71 bits per heavy atom. The van der Waals surface area contributed by atoms with E-state index in [0.717, 1.165) is 18.4 Å². The van der Waals surface area contributed by atoms with Gasteiger partial charge >= 0.3 is 5.97 Å². The van der Waals surface area contributed by atoms with Crippen molar-refractivity contribution >= 4 is 17.4 Å². The molecule has 6 heteroatoms. The number of nitrogens with zero attached hydrogens (tertiary/aromatic N) is 2. The first-order chi connectivity index (χ1) is 10.1. The minimum Gasteiger partial charge on any atom is -0.481 e. The summed E-state index contributed by atoms with van der Waals surface area (Å²) in [5, 5.41) is 12.0. The Kier molecular flexibility index (Phi) is 3.60. The molecule has 1 fully saturated rings. The average molecular weight is 287 g/mol. The third kappa shape index (κ3) is 2.89. The zero-order valence-electron chi connectivity index (χ0n) is 11.5. The molecule has 0 atom stereocenters. The summed E-state index contributed by atoms with van der Waals surface area (Å²) >= 11 is 0. The number of aromatic nitrogens is 2. The third-order valence-electron chi connectivity index (χ3n) is 4.08. The van der Waals surface area contributed by atoms with E-state index in [1.165, 1.54) is 0 Å². The van der Waals surface area contributed by atoms with Crippen LogP contribution < -0.4 is 5.32 Å². The van der Waals surface area contributed by atoms with E-state index in [9.17, 15) is 9.59 Å². The van der Waals surface area contributed by atoms with Crippen molar-refractivity contribution in [3.05, 3.63) is 36.4 Å². The van der Waals surface area contributed by atoms with E-state index in [-0.39, 0.29) is 17.9 Å². The summed E-state index contributed by atoms with van der Waals surface area (Å²) in [6.07, 6.45) is 7.83. The normalized spacial score (nSPS) is 22.1. The second-order valence-corrected chi connectivity index (χ2v) is 5.50. The Morgan fingerprint density at radius 2 is 2.00 bits per heavy atom. The number of imidazole rings is 1. The van der Waals surface area contributed by atoms with Crippen molar-refractivity contribution in [2.75, 3.05) is 0 Å². The van der Waals surface area contributed by atoms with Crippen LogP contribution in [0.25, 0.3) is 5.52 Å². The van der Waals surface area contributed by atoms with Crippen LogP contribution in [0.3, 0.4) is 0 Å². The molecule has 21 heavy (non-hydrogen) atoms. The number of hydrogen-bond acceptors (Lipinski definition) is 3. The van der Waals surface area contributed by atoms with E-state index in [1.807, 2.05) is 6.07 Å². The lowest BCUT2D eigenvalue weighted by Crippen LogP contribution is -2.38. The van der Waals surface area contributed by atoms with Crippen molar-refractivity contribution in [3.8, 4) is 0 Å². The quantitative estimate of drug-likeness (QED) is 0.900. The van der Waals surface area contributed by atoms with Gasteiger partial charge in [-0.15, -0.1) is 0 Å². The van der Waals surface area contributed by atoms with Crippen molar-refractivity contribution in [2.24, 2.45) is 5.92 Å². The Labute approximate surface area is 121 Å². The Hall–Kier alpha value is -2.37. The molecule has 6 nitrogen and oxygen atoms in total. The fraction of sp³-hybridized carbons (Fsp3) is 0.400. The lowest BCUT2D eigenvalue weighted by Gasteiger charge is -2.26. The number of amides is 1. The van der Waals surface area contributed by atoms with Crippen LogP contribution in [-0.4, -0.2) is 32.4 Å². The van der Waals surface area contributed by atoms with Crippen LogP contribution >= 0.6 is 0 Å². The predicted molar refractivity (Wildman–Crippen MR) is 76.0 cm³/mol. The minimum absolute atomic E-state index is 0.0617. The van der Waals surface area contributed by atoms with Crippen LogP contribution in [0.15, 0.2) is 30.9 Å². The molecule has 1 aliphatic carbocycles. The van der Waals surface area contributed by atoms with Crippen molar-refractivity contribution in [2.45, 2.75) is 31.7 Å². The van der Waals surface area contributed by atoms with E-state index < -0.39 is 5.97 Å². The molecular weight excluding hydrogens is 270 g/mol. The molecule has 2 heterocycles. The minimum atomic E-state index is -0.731. The third-order valence-corrected chi connectivity index (χ3v) is 4.08. The maximum Gasteiger partial charge on any atom is 0.306 e. The fourth-order valence-electron chi connectivity index (χ4n) is 2.81. The van der Waals surface area contributed by atoms with Crippen LogP contribution in [0.5, 0.6) is 0 Å². The van der Waals surface area contributed by atoms with Crippen molar-refractivity contribution in [1.82, 2.24) is 14.7 Å². The highest BCUT2D eigenvalue weighted by atomic mass is 16.4. The average Bonchev–Trinajstić information content (AvgIpc) is 2.95. The Balaban J connectivity index is 1.62. The summed E-state index contributed by atoms with van der Waals surface area (Å²) in [4.78, 5) is 27.2. The molecule has 0 bridgehead atoms. The molecule has 0 saturated heterocycles. The number of carbonyl (C=O) groups excluding carboxylic acids is 1. The maximum atomic E-state index is 12.2. The first-order valence-corrected chi connectivity index (χ1v) is 7.09. The highest BCUT2D eigenvalue weighted by Gasteiger charge is 2.26. The van der Waals surface area contributed by atoms with Gasteiger partial charge in [-0.2, -0.15) is 0 Å². The lowest BCUT2D eigenvalue weighted by molar-refractivity contribution is -0.142. The zero-order valence-corrected chi connectivity index (χ0v) is 11.5. The van der Waals surface area contributed by atoms with Crippen LogP contribution in [0.1, 0.15) is 36.0 Å². The van der Waals surface area contributed by atoms with Crippen LogP contribution in [0, 0.1) is 5.92 Å². The van der Waals surface area contributed by atoms with Gasteiger partial charge < -0.3 is 14.8 Å². The van der Waals surface area contributed by atoms with Crippen molar-refractivity contribution < 1.29 is 14.7 Å². The number of carbonyl (C=O) groups is 2. The number of pyridine rings is 1. The summed E-state index contributed by atoms with van der Waals surface area (Å²) in [5.74, 6) is -1.12. The highest BCUT2D eigenvalue weighted by Crippen LogP contribution is 2.24. The van der Waals surface area contributed by atoms with Gasteiger partial charge in [0.25, 0.3) is 5.91 Å². The van der Waals surface area contributed by atoms with Gasteiger partial charge in [0.15, 0.2) is 0 Å². The molecule has 2 aromatic heterocycles.